The summed E-state index contributed by atoms with van der Waals surface area (Å²) >= 11 is 1.08. The van der Waals surface area contributed by atoms with Crippen LogP contribution in [0.1, 0.15) is 39.8 Å². The fraction of sp³-hybridized carbons (Fsp3) is 0.545. The summed E-state index contributed by atoms with van der Waals surface area (Å²) in [6, 6.07) is -0.300. The minimum Gasteiger partial charge on any atom is -0.477 e. The first-order valence-corrected chi connectivity index (χ1v) is 6.26. The van der Waals surface area contributed by atoms with Gasteiger partial charge in [-0.3, -0.25) is 4.79 Å². The van der Waals surface area contributed by atoms with Gasteiger partial charge in [0.15, 0.2) is 0 Å². The molecule has 0 aromatic carbocycles. The number of aromatic nitrogens is 1. The van der Waals surface area contributed by atoms with E-state index >= 15 is 0 Å². The van der Waals surface area contributed by atoms with Crippen LogP contribution in [0.2, 0.25) is 0 Å². The van der Waals surface area contributed by atoms with Gasteiger partial charge in [0, 0.05) is 13.5 Å². The molecule has 1 rings (SSSR count). The van der Waals surface area contributed by atoms with Crippen LogP contribution in [-0.4, -0.2) is 35.7 Å². The minimum atomic E-state index is -0.992. The molecule has 0 saturated heterocycles. The molecule has 0 fully saturated rings. The van der Waals surface area contributed by atoms with Gasteiger partial charge in [0.25, 0.3) is 0 Å². The van der Waals surface area contributed by atoms with E-state index in [1.807, 2.05) is 0 Å². The number of hydrogen-bond acceptors (Lipinski definition) is 5. The standard InChI is InChI=1S/C11H16N2O4S/c1-6-9(11(15)16)18-10(13-6)7(2)12-8(14)4-5-17-3/h7H,4-5H2,1-3H3,(H,12,14)(H,15,16). The van der Waals surface area contributed by atoms with Crippen LogP contribution in [0.4, 0.5) is 0 Å². The van der Waals surface area contributed by atoms with E-state index in [2.05, 4.69) is 10.3 Å². The van der Waals surface area contributed by atoms with Gasteiger partial charge in [0.1, 0.15) is 9.88 Å². The summed E-state index contributed by atoms with van der Waals surface area (Å²) in [5.41, 5.74) is 0.473. The Balaban J connectivity index is 2.67. The predicted octanol–water partition coefficient (Wildman–Crippen LogP) is 1.36. The van der Waals surface area contributed by atoms with E-state index in [-0.39, 0.29) is 23.2 Å². The van der Waals surface area contributed by atoms with Crippen molar-refractivity contribution in [3.63, 3.8) is 0 Å². The van der Waals surface area contributed by atoms with Crippen molar-refractivity contribution in [2.75, 3.05) is 13.7 Å². The van der Waals surface area contributed by atoms with Gasteiger partial charge in [0.2, 0.25) is 5.91 Å². The maximum atomic E-state index is 11.5. The summed E-state index contributed by atoms with van der Waals surface area (Å²) in [6.07, 6.45) is 0.275. The molecule has 1 aromatic rings. The van der Waals surface area contributed by atoms with E-state index in [0.29, 0.717) is 17.3 Å². The Morgan fingerprint density at radius 2 is 2.22 bits per heavy atom. The molecule has 100 valence electrons. The Morgan fingerprint density at radius 3 is 2.72 bits per heavy atom. The molecule has 1 heterocycles. The smallest absolute Gasteiger partial charge is 0.347 e. The molecule has 1 atom stereocenters. The molecule has 18 heavy (non-hydrogen) atoms. The van der Waals surface area contributed by atoms with Crippen molar-refractivity contribution < 1.29 is 19.4 Å². The molecule has 0 aliphatic rings. The molecule has 6 nitrogen and oxygen atoms in total. The molecule has 0 radical (unpaired) electrons. The molecular formula is C11H16N2O4S. The highest BCUT2D eigenvalue weighted by atomic mass is 32.1. The number of carbonyl (C=O) groups is 2. The third kappa shape index (κ3) is 3.78. The number of aromatic carboxylic acids is 1. The summed E-state index contributed by atoms with van der Waals surface area (Å²) in [5.74, 6) is -1.14. The maximum Gasteiger partial charge on any atom is 0.347 e. The SMILES string of the molecule is COCCC(=O)NC(C)c1nc(C)c(C(=O)O)s1. The van der Waals surface area contributed by atoms with Gasteiger partial charge in [-0.2, -0.15) is 0 Å². The monoisotopic (exact) mass is 272 g/mol. The molecule has 7 heteroatoms. The molecule has 1 amide bonds. The molecule has 0 bridgehead atoms. The zero-order valence-corrected chi connectivity index (χ0v) is 11.3. The first-order valence-electron chi connectivity index (χ1n) is 5.44. The molecule has 1 unspecified atom stereocenters. The van der Waals surface area contributed by atoms with Crippen LogP contribution < -0.4 is 5.32 Å². The Hall–Kier alpha value is -1.47. The topological polar surface area (TPSA) is 88.5 Å². The van der Waals surface area contributed by atoms with Crippen LogP contribution in [0.3, 0.4) is 0 Å². The highest BCUT2D eigenvalue weighted by Gasteiger charge is 2.18. The van der Waals surface area contributed by atoms with Crippen molar-refractivity contribution in [1.29, 1.82) is 0 Å². The molecule has 1 aromatic heterocycles. The largest absolute Gasteiger partial charge is 0.477 e. The zero-order chi connectivity index (χ0) is 13.7. The number of hydrogen-bond donors (Lipinski definition) is 2. The first-order chi connectivity index (χ1) is 8.45. The second-order valence-electron chi connectivity index (χ2n) is 3.80. The lowest BCUT2D eigenvalue weighted by Crippen LogP contribution is -2.27. The lowest BCUT2D eigenvalue weighted by molar-refractivity contribution is -0.122. The summed E-state index contributed by atoms with van der Waals surface area (Å²) in [4.78, 5) is 26.7. The van der Waals surface area contributed by atoms with Gasteiger partial charge in [-0.15, -0.1) is 11.3 Å². The van der Waals surface area contributed by atoms with Crippen molar-refractivity contribution in [2.24, 2.45) is 0 Å². The summed E-state index contributed by atoms with van der Waals surface area (Å²) < 4.78 is 4.80. The van der Waals surface area contributed by atoms with Gasteiger partial charge in [0.05, 0.1) is 18.3 Å². The Labute approximate surface area is 109 Å². The van der Waals surface area contributed by atoms with Crippen molar-refractivity contribution in [2.45, 2.75) is 26.3 Å². The first kappa shape index (κ1) is 14.6. The van der Waals surface area contributed by atoms with Gasteiger partial charge >= 0.3 is 5.97 Å². The second-order valence-corrected chi connectivity index (χ2v) is 4.83. The lowest BCUT2D eigenvalue weighted by atomic mass is 10.3. The predicted molar refractivity (Wildman–Crippen MR) is 66.9 cm³/mol. The summed E-state index contributed by atoms with van der Waals surface area (Å²) in [5, 5.41) is 12.3. The van der Waals surface area contributed by atoms with E-state index in [0.717, 1.165) is 11.3 Å². The Bertz CT molecular complexity index is 444. The lowest BCUT2D eigenvalue weighted by Gasteiger charge is -2.10. The van der Waals surface area contributed by atoms with Crippen LogP contribution in [0, 0.1) is 6.92 Å². The number of amides is 1. The van der Waals surface area contributed by atoms with E-state index in [1.54, 1.807) is 13.8 Å². The molecule has 0 aliphatic carbocycles. The van der Waals surface area contributed by atoms with Crippen LogP contribution in [0.5, 0.6) is 0 Å². The van der Waals surface area contributed by atoms with Crippen molar-refractivity contribution in [3.8, 4) is 0 Å². The fourth-order valence-corrected chi connectivity index (χ4v) is 2.28. The van der Waals surface area contributed by atoms with Crippen molar-refractivity contribution in [3.05, 3.63) is 15.6 Å². The molecule has 0 aliphatic heterocycles. The fourth-order valence-electron chi connectivity index (χ4n) is 1.37. The van der Waals surface area contributed by atoms with Crippen LogP contribution in [0.25, 0.3) is 0 Å². The van der Waals surface area contributed by atoms with Gasteiger partial charge in [-0.1, -0.05) is 0 Å². The number of carboxylic acid groups (broad SMARTS) is 1. The van der Waals surface area contributed by atoms with E-state index in [4.69, 9.17) is 9.84 Å². The molecule has 0 saturated carbocycles. The molecular weight excluding hydrogens is 256 g/mol. The van der Waals surface area contributed by atoms with E-state index in [9.17, 15) is 9.59 Å². The minimum absolute atomic E-state index is 0.144. The van der Waals surface area contributed by atoms with Crippen LogP contribution in [-0.2, 0) is 9.53 Å². The Morgan fingerprint density at radius 1 is 1.56 bits per heavy atom. The van der Waals surface area contributed by atoms with Crippen LogP contribution in [0.15, 0.2) is 0 Å². The van der Waals surface area contributed by atoms with E-state index in [1.165, 1.54) is 7.11 Å². The van der Waals surface area contributed by atoms with Gasteiger partial charge in [-0.25, -0.2) is 9.78 Å². The second kappa shape index (κ2) is 6.46. The normalized spacial score (nSPS) is 12.2. The number of methoxy groups -OCH3 is 1. The number of carboxylic acids is 1. The van der Waals surface area contributed by atoms with E-state index < -0.39 is 5.97 Å². The number of carbonyl (C=O) groups excluding carboxylic acids is 1. The molecule has 0 spiro atoms. The number of rotatable bonds is 6. The van der Waals surface area contributed by atoms with Gasteiger partial charge < -0.3 is 15.2 Å². The summed E-state index contributed by atoms with van der Waals surface area (Å²) in [7, 11) is 1.53. The number of thiazole rings is 1. The van der Waals surface area contributed by atoms with Crippen molar-refractivity contribution >= 4 is 23.2 Å². The average Bonchev–Trinajstić information content (AvgIpc) is 2.68. The maximum absolute atomic E-state index is 11.5. The van der Waals surface area contributed by atoms with Gasteiger partial charge in [-0.05, 0) is 13.8 Å². The highest BCUT2D eigenvalue weighted by Crippen LogP contribution is 2.23. The highest BCUT2D eigenvalue weighted by molar-refractivity contribution is 7.13. The third-order valence-corrected chi connectivity index (χ3v) is 3.62. The number of nitrogens with one attached hydrogen (secondary N) is 1. The number of aryl methyl sites for hydroxylation is 1. The molecule has 2 N–H and O–H groups in total. The third-order valence-electron chi connectivity index (χ3n) is 2.29. The van der Waals surface area contributed by atoms with Crippen molar-refractivity contribution in [1.82, 2.24) is 10.3 Å². The number of nitrogens with zero attached hydrogens (tertiary/aromatic N) is 1. The zero-order valence-electron chi connectivity index (χ0n) is 10.5. The average molecular weight is 272 g/mol. The quantitative estimate of drug-likeness (QED) is 0.816. The van der Waals surface area contributed by atoms with Crippen LogP contribution >= 0.6 is 11.3 Å². The summed E-state index contributed by atoms with van der Waals surface area (Å²) in [6.45, 7) is 3.77. The number of ether oxygens (including phenoxy) is 1. The Kier molecular flexibility index (Phi) is 5.24.